The third-order valence-corrected chi connectivity index (χ3v) is 4.94. The lowest BCUT2D eigenvalue weighted by molar-refractivity contribution is 0.368. The van der Waals surface area contributed by atoms with E-state index in [4.69, 9.17) is 4.55 Å². The Hall–Kier alpha value is -0.585. The molecular formula is C10H13BF4NO3S3-. The van der Waals surface area contributed by atoms with Gasteiger partial charge in [-0.1, -0.05) is 23.9 Å². The van der Waals surface area contributed by atoms with Gasteiger partial charge in [-0.15, -0.1) is 12.6 Å². The van der Waals surface area contributed by atoms with Crippen LogP contribution in [-0.4, -0.2) is 37.2 Å². The van der Waals surface area contributed by atoms with Crippen molar-refractivity contribution in [3.05, 3.63) is 24.3 Å². The van der Waals surface area contributed by atoms with Crippen LogP contribution >= 0.6 is 24.4 Å². The first-order valence-electron chi connectivity index (χ1n) is 6.00. The van der Waals surface area contributed by atoms with Crippen LogP contribution in [0, 0.1) is 0 Å². The Labute approximate surface area is 135 Å². The zero-order chi connectivity index (χ0) is 17.0. The van der Waals surface area contributed by atoms with Gasteiger partial charge in [0.1, 0.15) is 4.71 Å². The minimum Gasteiger partial charge on any atom is -0.418 e. The van der Waals surface area contributed by atoms with Crippen molar-refractivity contribution in [2.75, 3.05) is 17.2 Å². The van der Waals surface area contributed by atoms with Crippen molar-refractivity contribution in [1.82, 2.24) is 0 Å². The van der Waals surface area contributed by atoms with E-state index in [0.29, 0.717) is 13.0 Å². The molecule has 0 aromatic heterocycles. The molecule has 1 N–H and O–H groups in total. The summed E-state index contributed by atoms with van der Waals surface area (Å²) in [6.45, 7) is 0.567. The molecule has 1 aliphatic heterocycles. The summed E-state index contributed by atoms with van der Waals surface area (Å²) in [6.07, 6.45) is 0.394. The highest BCUT2D eigenvalue weighted by Crippen LogP contribution is 2.44. The average Bonchev–Trinajstić information content (AvgIpc) is 2.62. The maximum absolute atomic E-state index is 10.6. The summed E-state index contributed by atoms with van der Waals surface area (Å²) in [5.74, 6) is -0.211. The Bertz CT molecular complexity index is 593. The molecule has 0 amide bonds. The van der Waals surface area contributed by atoms with E-state index in [1.54, 1.807) is 11.8 Å². The van der Waals surface area contributed by atoms with Crippen molar-refractivity contribution in [1.29, 1.82) is 0 Å². The van der Waals surface area contributed by atoms with Gasteiger partial charge in [-0.3, -0.25) is 4.55 Å². The molecule has 22 heavy (non-hydrogen) atoms. The van der Waals surface area contributed by atoms with Crippen molar-refractivity contribution < 1.29 is 30.2 Å². The molecule has 1 aromatic carbocycles. The van der Waals surface area contributed by atoms with Crippen LogP contribution in [0.5, 0.6) is 0 Å². The number of anilines is 1. The predicted octanol–water partition coefficient (Wildman–Crippen LogP) is 3.39. The highest BCUT2D eigenvalue weighted by atomic mass is 32.2. The van der Waals surface area contributed by atoms with Gasteiger partial charge in [0.15, 0.2) is 0 Å². The van der Waals surface area contributed by atoms with Gasteiger partial charge in [0, 0.05) is 11.4 Å². The first-order valence-corrected chi connectivity index (χ1v) is 9.01. The fourth-order valence-electron chi connectivity index (χ4n) is 1.74. The number of halogens is 4. The quantitative estimate of drug-likeness (QED) is 0.364. The summed E-state index contributed by atoms with van der Waals surface area (Å²) in [6, 6.07) is 7.92. The van der Waals surface area contributed by atoms with Gasteiger partial charge in [-0.25, -0.2) is 0 Å². The van der Waals surface area contributed by atoms with Crippen LogP contribution < -0.4 is 4.90 Å². The number of nitrogens with zero attached hydrogens (tertiary/aromatic N) is 1. The van der Waals surface area contributed by atoms with Crippen molar-refractivity contribution in [2.24, 2.45) is 0 Å². The van der Waals surface area contributed by atoms with Crippen LogP contribution in [0.3, 0.4) is 0 Å². The van der Waals surface area contributed by atoms with E-state index in [9.17, 15) is 25.7 Å². The van der Waals surface area contributed by atoms with E-state index in [1.807, 2.05) is 29.2 Å². The van der Waals surface area contributed by atoms with Gasteiger partial charge in [0.25, 0.3) is 10.1 Å². The molecule has 0 radical (unpaired) electrons. The van der Waals surface area contributed by atoms with E-state index in [1.165, 1.54) is 0 Å². The molecule has 0 aliphatic carbocycles. The van der Waals surface area contributed by atoms with Crippen LogP contribution in [-0.2, 0) is 10.1 Å². The van der Waals surface area contributed by atoms with E-state index in [-0.39, 0.29) is 10.5 Å². The van der Waals surface area contributed by atoms with Gasteiger partial charge in [-0.05, 0) is 18.6 Å². The highest BCUT2D eigenvalue weighted by molar-refractivity contribution is 8.11. The Morgan fingerprint density at radius 3 is 2.36 bits per heavy atom. The summed E-state index contributed by atoms with van der Waals surface area (Å²) in [5, 5.41) is 0. The molecule has 0 saturated carbocycles. The smallest absolute Gasteiger partial charge is 0.418 e. The van der Waals surface area contributed by atoms with E-state index >= 15 is 0 Å². The Balaban J connectivity index is 0.000000422. The number of thiol groups is 1. The van der Waals surface area contributed by atoms with E-state index in [0.717, 1.165) is 10.6 Å². The molecular weight excluding hydrogens is 365 g/mol. The van der Waals surface area contributed by atoms with Gasteiger partial charge in [0.2, 0.25) is 0 Å². The Kier molecular flexibility index (Phi) is 6.90. The molecule has 1 atom stereocenters. The molecule has 4 nitrogen and oxygen atoms in total. The molecule has 126 valence electrons. The number of fused-ring (bicyclic) bond motifs is 1. The SMILES string of the molecule is F[B-](F)(F)F.O=S(=O)(O)CCCN1c2ccccc2SC1S. The second-order valence-electron chi connectivity index (χ2n) is 4.24. The van der Waals surface area contributed by atoms with Gasteiger partial charge < -0.3 is 22.2 Å². The molecule has 1 heterocycles. The lowest BCUT2D eigenvalue weighted by Crippen LogP contribution is -2.27. The molecule has 0 fully saturated rings. The molecule has 12 heteroatoms. The molecule has 0 spiro atoms. The molecule has 0 saturated heterocycles. The van der Waals surface area contributed by atoms with Crippen LogP contribution in [0.15, 0.2) is 29.2 Å². The lowest BCUT2D eigenvalue weighted by atomic mass is 10.3. The zero-order valence-corrected chi connectivity index (χ0v) is 13.6. The second-order valence-corrected chi connectivity index (χ2v) is 7.77. The minimum absolute atomic E-state index is 0.00815. The maximum atomic E-state index is 10.6. The summed E-state index contributed by atoms with van der Waals surface area (Å²) in [7, 11) is -9.87. The normalized spacial score (nSPS) is 17.7. The number of benzene rings is 1. The van der Waals surface area contributed by atoms with Crippen molar-refractivity contribution in [2.45, 2.75) is 16.0 Å². The first-order chi connectivity index (χ1) is 9.97. The molecule has 2 rings (SSSR count). The van der Waals surface area contributed by atoms with Crippen molar-refractivity contribution in [3.8, 4) is 0 Å². The Morgan fingerprint density at radius 2 is 1.82 bits per heavy atom. The van der Waals surface area contributed by atoms with Crippen LogP contribution in [0.2, 0.25) is 0 Å². The molecule has 1 unspecified atom stereocenters. The predicted molar refractivity (Wildman–Crippen MR) is 83.6 cm³/mol. The third-order valence-electron chi connectivity index (χ3n) is 2.47. The molecule has 0 bridgehead atoms. The number of hydrogen-bond donors (Lipinski definition) is 2. The fourth-order valence-corrected chi connectivity index (χ4v) is 3.85. The Morgan fingerprint density at radius 1 is 1.27 bits per heavy atom. The van der Waals surface area contributed by atoms with E-state index in [2.05, 4.69) is 12.6 Å². The van der Waals surface area contributed by atoms with Crippen LogP contribution in [0.1, 0.15) is 6.42 Å². The van der Waals surface area contributed by atoms with Gasteiger partial charge in [-0.2, -0.15) is 8.42 Å². The summed E-state index contributed by atoms with van der Waals surface area (Å²) >= 11 is 6.09. The average molecular weight is 378 g/mol. The highest BCUT2D eigenvalue weighted by Gasteiger charge is 2.26. The summed E-state index contributed by atoms with van der Waals surface area (Å²) in [4.78, 5) is 3.19. The van der Waals surface area contributed by atoms with Crippen LogP contribution in [0.4, 0.5) is 23.0 Å². The molecule has 1 aromatic rings. The monoisotopic (exact) mass is 378 g/mol. The number of hydrogen-bond acceptors (Lipinski definition) is 5. The maximum Gasteiger partial charge on any atom is 0.673 e. The first kappa shape index (κ1) is 19.5. The number of para-hydroxylation sites is 1. The largest absolute Gasteiger partial charge is 0.673 e. The van der Waals surface area contributed by atoms with Gasteiger partial charge in [0.05, 0.1) is 11.4 Å². The fraction of sp³-hybridized carbons (Fsp3) is 0.400. The minimum atomic E-state index is -6.00. The number of rotatable bonds is 4. The summed E-state index contributed by atoms with van der Waals surface area (Å²) < 4.78 is 69.0. The van der Waals surface area contributed by atoms with E-state index < -0.39 is 17.4 Å². The summed E-state index contributed by atoms with van der Waals surface area (Å²) in [5.41, 5.74) is 1.08. The topological polar surface area (TPSA) is 57.6 Å². The third kappa shape index (κ3) is 7.61. The van der Waals surface area contributed by atoms with Gasteiger partial charge >= 0.3 is 7.25 Å². The van der Waals surface area contributed by atoms with Crippen molar-refractivity contribution in [3.63, 3.8) is 0 Å². The van der Waals surface area contributed by atoms with Crippen molar-refractivity contribution >= 4 is 47.5 Å². The number of thioether (sulfide) groups is 1. The second kappa shape index (κ2) is 7.80. The van der Waals surface area contributed by atoms with Crippen LogP contribution in [0.25, 0.3) is 0 Å². The zero-order valence-electron chi connectivity index (χ0n) is 11.1. The standard InChI is InChI=1S/C10H13NO3S3.BF4/c12-17(13,14)7-3-6-11-8-4-1-2-5-9(8)16-10(11)15;2-1(3,4)5/h1-2,4-5,10,15H,3,6-7H2,(H,12,13,14);/q;-1. The lowest BCUT2D eigenvalue weighted by Gasteiger charge is -2.22. The molecule has 1 aliphatic rings.